The van der Waals surface area contributed by atoms with E-state index in [0.717, 1.165) is 18.5 Å². The van der Waals surface area contributed by atoms with Crippen LogP contribution in [0.2, 0.25) is 0 Å². The lowest BCUT2D eigenvalue weighted by Crippen LogP contribution is -2.52. The van der Waals surface area contributed by atoms with Gasteiger partial charge in [0.15, 0.2) is 0 Å². The highest BCUT2D eigenvalue weighted by atomic mass is 35.5. The summed E-state index contributed by atoms with van der Waals surface area (Å²) in [7, 11) is 0. The second kappa shape index (κ2) is 7.50. The second-order valence-corrected chi connectivity index (χ2v) is 5.45. The van der Waals surface area contributed by atoms with Gasteiger partial charge in [0.05, 0.1) is 5.54 Å². The van der Waals surface area contributed by atoms with E-state index in [1.165, 1.54) is 0 Å². The Labute approximate surface area is 121 Å². The highest BCUT2D eigenvalue weighted by Crippen LogP contribution is 2.16. The number of hydrogen-bond acceptors (Lipinski definition) is 3. The summed E-state index contributed by atoms with van der Waals surface area (Å²) in [5.41, 5.74) is 6.77. The van der Waals surface area contributed by atoms with E-state index in [0.29, 0.717) is 18.2 Å². The molecule has 1 atom stereocenters. The molecule has 0 fully saturated rings. The molecule has 0 radical (unpaired) electrons. The highest BCUT2D eigenvalue weighted by molar-refractivity contribution is 5.92. The fourth-order valence-electron chi connectivity index (χ4n) is 2.08. The topological polar surface area (TPSA) is 83.8 Å². The average Bonchev–Trinajstić information content (AvgIpc) is 2.76. The minimum absolute atomic E-state index is 0. The molecule has 0 saturated carbocycles. The van der Waals surface area contributed by atoms with Gasteiger partial charge in [-0.25, -0.2) is 0 Å². The number of amides is 1. The molecule has 1 heterocycles. The Morgan fingerprint density at radius 1 is 1.58 bits per heavy atom. The van der Waals surface area contributed by atoms with Crippen LogP contribution >= 0.6 is 12.4 Å². The van der Waals surface area contributed by atoms with Crippen molar-refractivity contribution in [3.63, 3.8) is 0 Å². The molecule has 0 aliphatic carbocycles. The standard InChI is InChI=1S/C13H24N4O.ClH/c1-5-10-6-11(17-16-10)12(18)15-13(4,8-14)7-9(2)3;/h6,9H,5,7-8,14H2,1-4H3,(H,15,18)(H,16,17);1H. The first-order valence-electron chi connectivity index (χ1n) is 6.47. The monoisotopic (exact) mass is 288 g/mol. The van der Waals surface area contributed by atoms with E-state index in [2.05, 4.69) is 29.4 Å². The Hall–Kier alpha value is -1.07. The third-order valence-electron chi connectivity index (χ3n) is 2.97. The lowest BCUT2D eigenvalue weighted by atomic mass is 9.90. The zero-order chi connectivity index (χ0) is 13.8. The first-order valence-corrected chi connectivity index (χ1v) is 6.47. The minimum atomic E-state index is -0.378. The number of nitrogens with one attached hydrogen (secondary N) is 2. The van der Waals surface area contributed by atoms with Crippen molar-refractivity contribution in [3.8, 4) is 0 Å². The number of aryl methyl sites for hydroxylation is 1. The lowest BCUT2D eigenvalue weighted by Gasteiger charge is -2.30. The van der Waals surface area contributed by atoms with Crippen molar-refractivity contribution in [1.29, 1.82) is 0 Å². The average molecular weight is 289 g/mol. The number of hydrogen-bond donors (Lipinski definition) is 3. The first-order chi connectivity index (χ1) is 8.40. The maximum atomic E-state index is 12.1. The van der Waals surface area contributed by atoms with Crippen molar-refractivity contribution in [3.05, 3.63) is 17.5 Å². The summed E-state index contributed by atoms with van der Waals surface area (Å²) in [6.07, 6.45) is 1.68. The predicted octanol–water partition coefficient (Wildman–Crippen LogP) is 1.89. The molecule has 19 heavy (non-hydrogen) atoms. The van der Waals surface area contributed by atoms with E-state index in [-0.39, 0.29) is 23.9 Å². The van der Waals surface area contributed by atoms with Gasteiger partial charge < -0.3 is 11.1 Å². The summed E-state index contributed by atoms with van der Waals surface area (Å²) in [5.74, 6) is 0.309. The molecule has 1 amide bonds. The molecular formula is C13H25ClN4O. The molecule has 5 nitrogen and oxygen atoms in total. The number of carbonyl (C=O) groups is 1. The number of nitrogens with zero attached hydrogens (tertiary/aromatic N) is 1. The maximum Gasteiger partial charge on any atom is 0.272 e. The van der Waals surface area contributed by atoms with Crippen LogP contribution in [0.3, 0.4) is 0 Å². The van der Waals surface area contributed by atoms with Crippen LogP contribution in [0, 0.1) is 5.92 Å². The molecule has 1 aromatic heterocycles. The number of halogens is 1. The normalized spacial score (nSPS) is 13.8. The van der Waals surface area contributed by atoms with Crippen LogP contribution in [-0.4, -0.2) is 28.2 Å². The third kappa shape index (κ3) is 5.20. The number of rotatable bonds is 6. The van der Waals surface area contributed by atoms with E-state index in [4.69, 9.17) is 5.73 Å². The number of carbonyl (C=O) groups excluding carboxylic acids is 1. The molecule has 6 heteroatoms. The largest absolute Gasteiger partial charge is 0.344 e. The van der Waals surface area contributed by atoms with Gasteiger partial charge in [0.2, 0.25) is 0 Å². The Bertz CT molecular complexity index is 405. The molecule has 0 saturated heterocycles. The SMILES string of the molecule is CCc1cc(C(=O)NC(C)(CN)CC(C)C)n[nH]1.Cl. The molecule has 1 rings (SSSR count). The molecule has 0 spiro atoms. The van der Waals surface area contributed by atoms with Crippen LogP contribution in [-0.2, 0) is 6.42 Å². The fourth-order valence-corrected chi connectivity index (χ4v) is 2.08. The van der Waals surface area contributed by atoms with Gasteiger partial charge in [-0.15, -0.1) is 12.4 Å². The molecule has 0 aromatic carbocycles. The first kappa shape index (κ1) is 17.9. The van der Waals surface area contributed by atoms with E-state index in [1.807, 2.05) is 13.8 Å². The molecule has 110 valence electrons. The lowest BCUT2D eigenvalue weighted by molar-refractivity contribution is 0.0893. The van der Waals surface area contributed by atoms with Crippen LogP contribution in [0.4, 0.5) is 0 Å². The number of aromatic nitrogens is 2. The molecule has 0 aliphatic heterocycles. The van der Waals surface area contributed by atoms with Crippen LogP contribution < -0.4 is 11.1 Å². The fraction of sp³-hybridized carbons (Fsp3) is 0.692. The summed E-state index contributed by atoms with van der Waals surface area (Å²) >= 11 is 0. The highest BCUT2D eigenvalue weighted by Gasteiger charge is 2.27. The quantitative estimate of drug-likeness (QED) is 0.747. The van der Waals surface area contributed by atoms with Gasteiger partial charge >= 0.3 is 0 Å². The van der Waals surface area contributed by atoms with E-state index < -0.39 is 0 Å². The zero-order valence-electron chi connectivity index (χ0n) is 12.1. The number of nitrogens with two attached hydrogens (primary N) is 1. The van der Waals surface area contributed by atoms with Crippen LogP contribution in [0.5, 0.6) is 0 Å². The van der Waals surface area contributed by atoms with E-state index in [9.17, 15) is 4.79 Å². The molecule has 1 aromatic rings. The smallest absolute Gasteiger partial charge is 0.272 e. The molecule has 0 aliphatic rings. The van der Waals surface area contributed by atoms with Gasteiger partial charge in [0, 0.05) is 12.2 Å². The van der Waals surface area contributed by atoms with Crippen molar-refractivity contribution in [1.82, 2.24) is 15.5 Å². The summed E-state index contributed by atoms with van der Waals surface area (Å²) in [6, 6.07) is 1.78. The van der Waals surface area contributed by atoms with Crippen molar-refractivity contribution < 1.29 is 4.79 Å². The van der Waals surface area contributed by atoms with Crippen molar-refractivity contribution in [2.24, 2.45) is 11.7 Å². The molecule has 0 bridgehead atoms. The van der Waals surface area contributed by atoms with Crippen LogP contribution in [0.15, 0.2) is 6.07 Å². The van der Waals surface area contributed by atoms with Crippen LogP contribution in [0.1, 0.15) is 50.3 Å². The van der Waals surface area contributed by atoms with Crippen molar-refractivity contribution in [2.45, 2.75) is 46.1 Å². The molecule has 4 N–H and O–H groups in total. The minimum Gasteiger partial charge on any atom is -0.344 e. The van der Waals surface area contributed by atoms with Gasteiger partial charge in [-0.3, -0.25) is 9.89 Å². The number of H-pyrrole nitrogens is 1. The molecule has 1 unspecified atom stereocenters. The summed E-state index contributed by atoms with van der Waals surface area (Å²) in [4.78, 5) is 12.1. The van der Waals surface area contributed by atoms with Gasteiger partial charge in [-0.2, -0.15) is 5.10 Å². The van der Waals surface area contributed by atoms with E-state index >= 15 is 0 Å². The van der Waals surface area contributed by atoms with Gasteiger partial charge in [-0.1, -0.05) is 20.8 Å². The van der Waals surface area contributed by atoms with Crippen molar-refractivity contribution in [2.75, 3.05) is 6.54 Å². The van der Waals surface area contributed by atoms with Crippen LogP contribution in [0.25, 0.3) is 0 Å². The Balaban J connectivity index is 0.00000324. The number of aromatic amines is 1. The zero-order valence-corrected chi connectivity index (χ0v) is 12.9. The van der Waals surface area contributed by atoms with Crippen molar-refractivity contribution >= 4 is 18.3 Å². The summed E-state index contributed by atoms with van der Waals surface area (Å²) < 4.78 is 0. The Kier molecular flexibility index (Phi) is 7.08. The maximum absolute atomic E-state index is 12.1. The summed E-state index contributed by atoms with van der Waals surface area (Å²) in [6.45, 7) is 8.63. The van der Waals surface area contributed by atoms with Gasteiger partial charge in [0.1, 0.15) is 5.69 Å². The van der Waals surface area contributed by atoms with Gasteiger partial charge in [0.25, 0.3) is 5.91 Å². The Morgan fingerprint density at radius 2 is 2.21 bits per heavy atom. The predicted molar refractivity (Wildman–Crippen MR) is 79.6 cm³/mol. The molecular weight excluding hydrogens is 264 g/mol. The summed E-state index contributed by atoms with van der Waals surface area (Å²) in [5, 5.41) is 9.83. The second-order valence-electron chi connectivity index (χ2n) is 5.45. The van der Waals surface area contributed by atoms with E-state index in [1.54, 1.807) is 6.07 Å². The van der Waals surface area contributed by atoms with Gasteiger partial charge in [-0.05, 0) is 31.7 Å². The third-order valence-corrected chi connectivity index (χ3v) is 2.97. The Morgan fingerprint density at radius 3 is 2.63 bits per heavy atom.